The molecule has 0 saturated carbocycles. The Kier molecular flexibility index (Phi) is 3.66. The summed E-state index contributed by atoms with van der Waals surface area (Å²) in [4.78, 5) is 3.81. The van der Waals surface area contributed by atoms with E-state index in [1.807, 2.05) is 13.0 Å². The second-order valence-electron chi connectivity index (χ2n) is 3.21. The second-order valence-corrected chi connectivity index (χ2v) is 4.32. The molecule has 2 rings (SSSR count). The number of aromatic nitrogens is 3. The highest BCUT2D eigenvalue weighted by atomic mass is 35.5. The number of rotatable bonds is 2. The molecule has 1 heterocycles. The van der Waals surface area contributed by atoms with Gasteiger partial charge in [-0.05, 0) is 36.2 Å². The number of hydrogen-bond donors (Lipinski definition) is 0. The van der Waals surface area contributed by atoms with Crippen LogP contribution in [0.25, 0.3) is 0 Å². The minimum atomic E-state index is -0.0485. The van der Waals surface area contributed by atoms with Gasteiger partial charge in [0.15, 0.2) is 0 Å². The van der Waals surface area contributed by atoms with E-state index in [0.717, 1.165) is 5.56 Å². The van der Waals surface area contributed by atoms with Crippen LogP contribution in [0.3, 0.4) is 0 Å². The van der Waals surface area contributed by atoms with Gasteiger partial charge in [-0.15, -0.1) is 10.2 Å². The van der Waals surface area contributed by atoms with Gasteiger partial charge in [-0.3, -0.25) is 0 Å². The first-order valence-electron chi connectivity index (χ1n) is 4.56. The molecule has 4 nitrogen and oxygen atoms in total. The first kappa shape index (κ1) is 12.4. The van der Waals surface area contributed by atoms with Crippen molar-refractivity contribution in [1.29, 1.82) is 0 Å². The molecule has 7 heteroatoms. The van der Waals surface area contributed by atoms with Crippen LogP contribution >= 0.6 is 34.8 Å². The molecule has 0 aliphatic carbocycles. The smallest absolute Gasteiger partial charge is 0.262 e. The van der Waals surface area contributed by atoms with Gasteiger partial charge in [0, 0.05) is 0 Å². The maximum Gasteiger partial charge on any atom is 0.262 e. The number of hydrogen-bond acceptors (Lipinski definition) is 4. The molecule has 0 amide bonds. The Morgan fingerprint density at radius 1 is 1.12 bits per heavy atom. The highest BCUT2D eigenvalue weighted by molar-refractivity contribution is 6.32. The normalized spacial score (nSPS) is 10.4. The van der Waals surface area contributed by atoms with Gasteiger partial charge in [-0.1, -0.05) is 29.3 Å². The Morgan fingerprint density at radius 2 is 1.88 bits per heavy atom. The van der Waals surface area contributed by atoms with Crippen LogP contribution in [-0.4, -0.2) is 15.2 Å². The molecule has 0 saturated heterocycles. The van der Waals surface area contributed by atoms with Crippen molar-refractivity contribution in [2.24, 2.45) is 0 Å². The molecule has 0 aliphatic heterocycles. The summed E-state index contributed by atoms with van der Waals surface area (Å²) in [5.41, 5.74) is 1.02. The zero-order valence-electron chi connectivity index (χ0n) is 8.62. The van der Waals surface area contributed by atoms with Crippen molar-refractivity contribution in [2.45, 2.75) is 6.92 Å². The topological polar surface area (TPSA) is 47.9 Å². The summed E-state index contributed by atoms with van der Waals surface area (Å²) in [6, 6.07) is 5.33. The fourth-order valence-electron chi connectivity index (χ4n) is 1.14. The molecule has 0 radical (unpaired) electrons. The lowest BCUT2D eigenvalue weighted by atomic mass is 10.2. The van der Waals surface area contributed by atoms with Crippen molar-refractivity contribution < 1.29 is 4.74 Å². The Morgan fingerprint density at radius 3 is 2.59 bits per heavy atom. The van der Waals surface area contributed by atoms with Gasteiger partial charge in [0.2, 0.25) is 10.4 Å². The van der Waals surface area contributed by atoms with Gasteiger partial charge in [0.1, 0.15) is 5.75 Å². The molecule has 2 aromatic rings. The Hall–Kier alpha value is -1.10. The van der Waals surface area contributed by atoms with Gasteiger partial charge in [-0.2, -0.15) is 4.98 Å². The third-order valence-corrected chi connectivity index (χ3v) is 2.58. The maximum atomic E-state index is 6.01. The Balaban J connectivity index is 2.34. The Labute approximate surface area is 113 Å². The fourth-order valence-corrected chi connectivity index (χ4v) is 1.64. The summed E-state index contributed by atoms with van der Waals surface area (Å²) >= 11 is 17.4. The van der Waals surface area contributed by atoms with Gasteiger partial charge in [-0.25, -0.2) is 0 Å². The van der Waals surface area contributed by atoms with E-state index in [4.69, 9.17) is 39.5 Å². The average molecular weight is 291 g/mol. The highest BCUT2D eigenvalue weighted by Gasteiger charge is 2.10. The van der Waals surface area contributed by atoms with Crippen LogP contribution < -0.4 is 4.74 Å². The van der Waals surface area contributed by atoms with Gasteiger partial charge in [0.05, 0.1) is 5.02 Å². The number of ether oxygens (including phenoxy) is 1. The lowest BCUT2D eigenvalue weighted by Crippen LogP contribution is -1.95. The quantitative estimate of drug-likeness (QED) is 0.840. The lowest BCUT2D eigenvalue weighted by molar-refractivity contribution is 0.457. The minimum Gasteiger partial charge on any atom is -0.435 e. The lowest BCUT2D eigenvalue weighted by Gasteiger charge is -2.07. The van der Waals surface area contributed by atoms with Crippen molar-refractivity contribution in [3.8, 4) is 11.6 Å². The largest absolute Gasteiger partial charge is 0.435 e. The number of halogens is 3. The summed E-state index contributed by atoms with van der Waals surface area (Å²) in [6.45, 7) is 1.92. The molecular formula is C10H6Cl3N3O. The predicted octanol–water partition coefficient (Wildman–Crippen LogP) is 3.93. The number of nitrogens with zero attached hydrogens (tertiary/aromatic N) is 3. The molecule has 0 N–H and O–H groups in total. The predicted molar refractivity (Wildman–Crippen MR) is 66.1 cm³/mol. The van der Waals surface area contributed by atoms with Gasteiger partial charge < -0.3 is 4.74 Å². The second kappa shape index (κ2) is 5.04. The molecule has 0 bridgehead atoms. The maximum absolute atomic E-state index is 6.01. The molecule has 0 spiro atoms. The third kappa shape index (κ3) is 2.97. The van der Waals surface area contributed by atoms with E-state index < -0.39 is 0 Å². The van der Waals surface area contributed by atoms with Crippen LogP contribution in [-0.2, 0) is 0 Å². The van der Waals surface area contributed by atoms with E-state index in [-0.39, 0.29) is 16.3 Å². The van der Waals surface area contributed by atoms with Crippen molar-refractivity contribution >= 4 is 34.8 Å². The summed E-state index contributed by atoms with van der Waals surface area (Å²) in [5.74, 6) is 0.494. The van der Waals surface area contributed by atoms with Crippen LogP contribution in [0, 0.1) is 6.92 Å². The highest BCUT2D eigenvalue weighted by Crippen LogP contribution is 2.31. The first-order valence-corrected chi connectivity index (χ1v) is 5.69. The SMILES string of the molecule is Cc1ccc(Oc2nc(Cl)nnc2Cl)c(Cl)c1. The van der Waals surface area contributed by atoms with Crippen molar-refractivity contribution in [2.75, 3.05) is 0 Å². The molecule has 17 heavy (non-hydrogen) atoms. The number of aryl methyl sites for hydroxylation is 1. The van der Waals surface area contributed by atoms with Crippen molar-refractivity contribution in [3.63, 3.8) is 0 Å². The van der Waals surface area contributed by atoms with Crippen LogP contribution in [0.15, 0.2) is 18.2 Å². The van der Waals surface area contributed by atoms with Crippen LogP contribution in [0.1, 0.15) is 5.56 Å². The van der Waals surface area contributed by atoms with Crippen molar-refractivity contribution in [1.82, 2.24) is 15.2 Å². The molecule has 0 unspecified atom stereocenters. The molecule has 0 aliphatic rings. The Bertz CT molecular complexity index is 562. The summed E-state index contributed by atoms with van der Waals surface area (Å²) < 4.78 is 5.41. The van der Waals surface area contributed by atoms with E-state index in [9.17, 15) is 0 Å². The zero-order chi connectivity index (χ0) is 12.4. The van der Waals surface area contributed by atoms with E-state index in [1.54, 1.807) is 12.1 Å². The van der Waals surface area contributed by atoms with Gasteiger partial charge in [0.25, 0.3) is 5.88 Å². The standard InChI is InChI=1S/C10H6Cl3N3O/c1-5-2-3-7(6(11)4-5)17-9-8(12)15-16-10(13)14-9/h2-4H,1H3. The number of benzene rings is 1. The molecule has 1 aromatic heterocycles. The van der Waals surface area contributed by atoms with E-state index >= 15 is 0 Å². The van der Waals surface area contributed by atoms with Crippen LogP contribution in [0.2, 0.25) is 15.5 Å². The monoisotopic (exact) mass is 289 g/mol. The van der Waals surface area contributed by atoms with E-state index in [1.165, 1.54) is 0 Å². The van der Waals surface area contributed by atoms with E-state index in [2.05, 4.69) is 15.2 Å². The summed E-state index contributed by atoms with van der Waals surface area (Å²) in [5, 5.41) is 7.48. The van der Waals surface area contributed by atoms with Gasteiger partial charge >= 0.3 is 0 Å². The minimum absolute atomic E-state index is 0.0195. The van der Waals surface area contributed by atoms with Crippen LogP contribution in [0.5, 0.6) is 11.6 Å². The fraction of sp³-hybridized carbons (Fsp3) is 0.100. The molecule has 88 valence electrons. The summed E-state index contributed by atoms with van der Waals surface area (Å²) in [7, 11) is 0. The third-order valence-electron chi connectivity index (χ3n) is 1.88. The molecule has 1 aromatic carbocycles. The molecule has 0 fully saturated rings. The average Bonchev–Trinajstić information content (AvgIpc) is 2.27. The zero-order valence-corrected chi connectivity index (χ0v) is 10.9. The van der Waals surface area contributed by atoms with E-state index in [0.29, 0.717) is 10.8 Å². The molecular weight excluding hydrogens is 284 g/mol. The van der Waals surface area contributed by atoms with Crippen LogP contribution in [0.4, 0.5) is 0 Å². The molecule has 0 atom stereocenters. The first-order chi connectivity index (χ1) is 8.06. The van der Waals surface area contributed by atoms with Crippen molar-refractivity contribution in [3.05, 3.63) is 39.2 Å². The summed E-state index contributed by atoms with van der Waals surface area (Å²) in [6.07, 6.45) is 0.